The summed E-state index contributed by atoms with van der Waals surface area (Å²) in [5.74, 6) is 0.498. The van der Waals surface area contributed by atoms with E-state index in [1.165, 1.54) is 12.1 Å². The average Bonchev–Trinajstić information content (AvgIpc) is 2.94. The molecule has 3 N–H and O–H groups in total. The monoisotopic (exact) mass is 428 g/mol. The number of imidazole rings is 1. The van der Waals surface area contributed by atoms with Crippen LogP contribution >= 0.6 is 23.2 Å². The first-order chi connectivity index (χ1) is 12.8. The molecule has 0 saturated carbocycles. The maximum atomic E-state index is 11.6. The minimum atomic E-state index is -2.64. The molecule has 0 spiro atoms. The van der Waals surface area contributed by atoms with Crippen molar-refractivity contribution in [2.75, 3.05) is 4.31 Å². The van der Waals surface area contributed by atoms with Gasteiger partial charge in [0.15, 0.2) is 0 Å². The van der Waals surface area contributed by atoms with Gasteiger partial charge >= 0.3 is 5.69 Å². The smallest absolute Gasteiger partial charge is 0.326 e. The number of hydrogen-bond donors (Lipinski definition) is 3. The van der Waals surface area contributed by atoms with Crippen LogP contribution in [0.15, 0.2) is 47.3 Å². The molecule has 3 rings (SSSR count). The predicted octanol–water partition coefficient (Wildman–Crippen LogP) is 3.31. The van der Waals surface area contributed by atoms with Gasteiger partial charge < -0.3 is 19.4 Å². The highest BCUT2D eigenvalue weighted by atomic mass is 35.5. The Hall–Kier alpha value is -2.46. The Bertz CT molecular complexity index is 1040. The number of ether oxygens (including phenoxy) is 1. The molecule has 0 bridgehead atoms. The normalized spacial score (nSPS) is 12.0. The van der Waals surface area contributed by atoms with E-state index in [1.54, 1.807) is 30.3 Å². The number of rotatable bonds is 6. The number of hydrogen-bond acceptors (Lipinski definition) is 5. The number of anilines is 1. The second-order valence-corrected chi connectivity index (χ2v) is 7.02. The fraction of sp³-hybridized carbons (Fsp3) is 0.0625. The summed E-state index contributed by atoms with van der Waals surface area (Å²) in [6.07, 6.45) is 0. The largest absolute Gasteiger partial charge is 0.755 e. The Labute approximate surface area is 165 Å². The summed E-state index contributed by atoms with van der Waals surface area (Å²) < 4.78 is 29.7. The Morgan fingerprint density at radius 2 is 1.74 bits per heavy atom. The van der Waals surface area contributed by atoms with Gasteiger partial charge in [-0.15, -0.1) is 0 Å². The molecule has 142 valence electrons. The lowest BCUT2D eigenvalue weighted by atomic mass is 10.3. The molecule has 0 aliphatic rings. The molecule has 3 aromatic rings. The summed E-state index contributed by atoms with van der Waals surface area (Å²) in [7, 11) is 0. The molecule has 0 radical (unpaired) electrons. The molecule has 0 aliphatic heterocycles. The fourth-order valence-electron chi connectivity index (χ4n) is 2.26. The van der Waals surface area contributed by atoms with Crippen molar-refractivity contribution < 1.29 is 18.6 Å². The van der Waals surface area contributed by atoms with Gasteiger partial charge in [0.2, 0.25) is 5.88 Å². The second kappa shape index (κ2) is 8.05. The van der Waals surface area contributed by atoms with Gasteiger partial charge in [0, 0.05) is 23.0 Å². The van der Waals surface area contributed by atoms with Gasteiger partial charge in [-0.05, 0) is 36.4 Å². The molecule has 0 aliphatic carbocycles. The topological polar surface area (TPSA) is 121 Å². The summed E-state index contributed by atoms with van der Waals surface area (Å²) >= 11 is 9.15. The summed E-state index contributed by atoms with van der Waals surface area (Å²) in [6, 6.07) is 11.0. The molecule has 11 heteroatoms. The third kappa shape index (κ3) is 4.64. The molecule has 8 nitrogen and oxygen atoms in total. The van der Waals surface area contributed by atoms with Gasteiger partial charge in [0.05, 0.1) is 16.6 Å². The number of aromatic amines is 2. The zero-order chi connectivity index (χ0) is 19.6. The number of aromatic nitrogens is 2. The Balaban J connectivity index is 1.79. The molecule has 0 saturated heterocycles. The van der Waals surface area contributed by atoms with Crippen LogP contribution in [0.3, 0.4) is 0 Å². The average molecular weight is 429 g/mol. The molecule has 0 amide bonds. The van der Waals surface area contributed by atoms with E-state index in [0.29, 0.717) is 27.2 Å². The maximum Gasteiger partial charge on any atom is 0.326 e. The van der Waals surface area contributed by atoms with E-state index < -0.39 is 22.8 Å². The van der Waals surface area contributed by atoms with Gasteiger partial charge in [0.25, 0.3) is 0 Å². The number of nitrogens with zero attached hydrogens (tertiary/aromatic N) is 1. The number of halogens is 2. The van der Waals surface area contributed by atoms with Crippen molar-refractivity contribution in [1.29, 1.82) is 0 Å². The van der Waals surface area contributed by atoms with Gasteiger partial charge in [-0.25, -0.2) is 4.79 Å². The van der Waals surface area contributed by atoms with Gasteiger partial charge in [0.1, 0.15) is 17.2 Å². The van der Waals surface area contributed by atoms with Gasteiger partial charge in [-0.3, -0.25) is 13.5 Å². The van der Waals surface area contributed by atoms with E-state index in [0.717, 1.165) is 4.31 Å². The number of nitrogens with one attached hydrogen (secondary N) is 2. The Morgan fingerprint density at radius 3 is 2.30 bits per heavy atom. The van der Waals surface area contributed by atoms with Crippen molar-refractivity contribution in [3.63, 3.8) is 0 Å². The van der Waals surface area contributed by atoms with Crippen LogP contribution in [0.25, 0.3) is 0 Å². The Kier molecular flexibility index (Phi) is 5.76. The highest BCUT2D eigenvalue weighted by molar-refractivity contribution is 7.80. The summed E-state index contributed by atoms with van der Waals surface area (Å²) in [5, 5.41) is 10.4. The minimum absolute atomic E-state index is 0.0420. The molecule has 0 fully saturated rings. The van der Waals surface area contributed by atoms with Crippen LogP contribution in [0.5, 0.6) is 17.4 Å². The summed E-state index contributed by atoms with van der Waals surface area (Å²) in [4.78, 5) is 15.6. The molecule has 1 atom stereocenters. The maximum absolute atomic E-state index is 11.6. The van der Waals surface area contributed by atoms with Crippen molar-refractivity contribution in [3.8, 4) is 17.4 Å². The van der Waals surface area contributed by atoms with Crippen LogP contribution in [-0.2, 0) is 17.8 Å². The van der Waals surface area contributed by atoms with Gasteiger partial charge in [-0.1, -0.05) is 23.2 Å². The van der Waals surface area contributed by atoms with Crippen molar-refractivity contribution in [1.82, 2.24) is 9.97 Å². The van der Waals surface area contributed by atoms with Crippen molar-refractivity contribution >= 4 is 40.2 Å². The molecule has 2 aromatic carbocycles. The van der Waals surface area contributed by atoms with Gasteiger partial charge in [-0.2, -0.15) is 0 Å². The zero-order valence-electron chi connectivity index (χ0n) is 13.4. The molecule has 1 unspecified atom stereocenters. The first kappa shape index (κ1) is 19.3. The molecule has 1 aromatic heterocycles. The quantitative estimate of drug-likeness (QED) is 0.519. The van der Waals surface area contributed by atoms with Crippen LogP contribution in [0.2, 0.25) is 10.0 Å². The van der Waals surface area contributed by atoms with Crippen LogP contribution in [0, 0.1) is 0 Å². The highest BCUT2D eigenvalue weighted by Gasteiger charge is 2.14. The van der Waals surface area contributed by atoms with Crippen LogP contribution in [0.1, 0.15) is 5.69 Å². The highest BCUT2D eigenvalue weighted by Crippen LogP contribution is 2.30. The first-order valence-corrected chi connectivity index (χ1v) is 9.22. The lowest BCUT2D eigenvalue weighted by molar-refractivity contribution is 0.448. The van der Waals surface area contributed by atoms with Crippen molar-refractivity contribution in [2.45, 2.75) is 6.54 Å². The third-order valence-corrected chi connectivity index (χ3v) is 4.95. The molecular formula is C16H12Cl2N3O5S-. The SMILES string of the molecule is O=c1[nH]c(O)c(CN(c2ccc(Oc3ccc(Cl)c(Cl)c3)cc2)S(=O)[O-])[nH]1. The third-order valence-electron chi connectivity index (χ3n) is 3.52. The number of H-pyrrole nitrogens is 2. The predicted molar refractivity (Wildman–Crippen MR) is 101 cm³/mol. The van der Waals surface area contributed by atoms with E-state index in [9.17, 15) is 18.7 Å². The van der Waals surface area contributed by atoms with E-state index >= 15 is 0 Å². The molecular weight excluding hydrogens is 417 g/mol. The van der Waals surface area contributed by atoms with Crippen LogP contribution in [-0.4, -0.2) is 23.8 Å². The zero-order valence-corrected chi connectivity index (χ0v) is 15.8. The van der Waals surface area contributed by atoms with E-state index in [2.05, 4.69) is 9.97 Å². The minimum Gasteiger partial charge on any atom is -0.755 e. The summed E-state index contributed by atoms with van der Waals surface area (Å²) in [5.41, 5.74) is -0.281. The van der Waals surface area contributed by atoms with Crippen molar-refractivity contribution in [2.24, 2.45) is 0 Å². The lowest BCUT2D eigenvalue weighted by Gasteiger charge is -2.26. The van der Waals surface area contributed by atoms with Crippen LogP contribution in [0.4, 0.5) is 5.69 Å². The van der Waals surface area contributed by atoms with Crippen molar-refractivity contribution in [3.05, 3.63) is 68.7 Å². The van der Waals surface area contributed by atoms with E-state index in [4.69, 9.17) is 27.9 Å². The van der Waals surface area contributed by atoms with E-state index in [1.807, 2.05) is 0 Å². The number of benzene rings is 2. The van der Waals surface area contributed by atoms with Crippen LogP contribution < -0.4 is 14.7 Å². The second-order valence-electron chi connectivity index (χ2n) is 5.33. The summed E-state index contributed by atoms with van der Waals surface area (Å²) in [6.45, 7) is -0.256. The molecule has 27 heavy (non-hydrogen) atoms. The Morgan fingerprint density at radius 1 is 1.07 bits per heavy atom. The lowest BCUT2D eigenvalue weighted by Crippen LogP contribution is -2.25. The van der Waals surface area contributed by atoms with E-state index in [-0.39, 0.29) is 12.2 Å². The number of aromatic hydroxyl groups is 1. The fourth-order valence-corrected chi connectivity index (χ4v) is 3.07. The molecule has 1 heterocycles. The standard InChI is InChI=1S/C16H13Cl2N3O5S/c17-12-6-5-11(7-13(12)18)26-10-3-1-9(2-4-10)21(27(24)25)8-14-15(22)20-16(23)19-14/h1-7,22H,8H2,(H,24,25)(H2,19,20,23)/p-1. The first-order valence-electron chi connectivity index (χ1n) is 7.43.